The lowest BCUT2D eigenvalue weighted by Gasteiger charge is -2.29. The van der Waals surface area contributed by atoms with E-state index in [1.165, 1.54) is 12.8 Å². The van der Waals surface area contributed by atoms with Crippen molar-refractivity contribution in [3.05, 3.63) is 23.5 Å². The minimum atomic E-state index is -1.02. The van der Waals surface area contributed by atoms with Crippen molar-refractivity contribution < 1.29 is 29.2 Å². The average Bonchev–Trinajstić information content (AvgIpc) is 3.51. The van der Waals surface area contributed by atoms with Crippen molar-refractivity contribution in [1.82, 2.24) is 19.7 Å². The molecular formula is C26H38N4O6. The fourth-order valence-electron chi connectivity index (χ4n) is 5.33. The maximum atomic E-state index is 11.4. The summed E-state index contributed by atoms with van der Waals surface area (Å²) in [5.41, 5.74) is 2.80. The summed E-state index contributed by atoms with van der Waals surface area (Å²) in [7, 11) is 5.26. The summed E-state index contributed by atoms with van der Waals surface area (Å²) < 4.78 is 19.2. The molecule has 2 fully saturated rings. The highest BCUT2D eigenvalue weighted by Gasteiger charge is 2.29. The summed E-state index contributed by atoms with van der Waals surface area (Å²) in [6.07, 6.45) is 6.21. The molecule has 2 aliphatic rings. The van der Waals surface area contributed by atoms with E-state index in [-0.39, 0.29) is 18.6 Å². The zero-order chi connectivity index (χ0) is 25.8. The lowest BCUT2D eigenvalue weighted by atomic mass is 9.87. The largest absolute Gasteiger partial charge is 0.489 e. The molecule has 0 saturated heterocycles. The zero-order valence-corrected chi connectivity index (χ0v) is 21.6. The third-order valence-corrected chi connectivity index (χ3v) is 7.51. The number of aliphatic carboxylic acids is 1. The Morgan fingerprint density at radius 3 is 2.64 bits per heavy atom. The molecule has 2 N–H and O–H groups in total. The highest BCUT2D eigenvalue weighted by molar-refractivity contribution is 5.70. The Balaban J connectivity index is 1.50. The number of ether oxygens (including phenoxy) is 3. The first-order valence-corrected chi connectivity index (χ1v) is 12.8. The summed E-state index contributed by atoms with van der Waals surface area (Å²) in [4.78, 5) is 18.0. The monoisotopic (exact) mass is 502 g/mol. The van der Waals surface area contributed by atoms with E-state index in [0.717, 1.165) is 31.4 Å². The van der Waals surface area contributed by atoms with Crippen LogP contribution >= 0.6 is 0 Å². The summed E-state index contributed by atoms with van der Waals surface area (Å²) in [6.45, 7) is 2.01. The van der Waals surface area contributed by atoms with E-state index in [0.29, 0.717) is 47.5 Å². The van der Waals surface area contributed by atoms with E-state index in [9.17, 15) is 15.0 Å². The number of rotatable bonds is 10. The van der Waals surface area contributed by atoms with Crippen molar-refractivity contribution in [1.29, 1.82) is 0 Å². The number of aliphatic hydroxyl groups is 1. The summed E-state index contributed by atoms with van der Waals surface area (Å²) >= 11 is 0. The second-order valence-electron chi connectivity index (χ2n) is 9.92. The van der Waals surface area contributed by atoms with E-state index in [2.05, 4.69) is 5.10 Å². The van der Waals surface area contributed by atoms with Crippen LogP contribution in [-0.2, 0) is 23.2 Å². The summed E-state index contributed by atoms with van der Waals surface area (Å²) in [6, 6.07) is 4.04. The van der Waals surface area contributed by atoms with Gasteiger partial charge in [-0.05, 0) is 64.6 Å². The second kappa shape index (κ2) is 11.6. The number of aliphatic hydroxyl groups excluding tert-OH is 1. The number of carboxylic acids is 1. The number of aromatic nitrogens is 3. The standard InChI is InChI=1S/C26H38N4O6/c1-16-22(36-19-11-7-8-17(14-19)25(31)32)13-12-20(27-16)23-21(30(3)28-24(23)34-4)15-35-26(33)29(2)18-9-5-6-10-18/h12-13,17-19,26,33H,5-11,14-15H2,1-4H3,(H,31,32)/t17-,19-,26?/m0/s1. The Kier molecular flexibility index (Phi) is 8.48. The molecule has 36 heavy (non-hydrogen) atoms. The Morgan fingerprint density at radius 2 is 1.97 bits per heavy atom. The molecule has 2 aromatic heterocycles. The SMILES string of the molecule is COc1nn(C)c(COC(O)N(C)C2CCCC2)c1-c1ccc(O[C@H]2CCC[C@H](C(=O)O)C2)c(C)n1. The molecule has 10 heteroatoms. The quantitative estimate of drug-likeness (QED) is 0.471. The number of aryl methyl sites for hydroxylation is 2. The zero-order valence-electron chi connectivity index (χ0n) is 21.6. The first kappa shape index (κ1) is 26.4. The van der Waals surface area contributed by atoms with Crippen molar-refractivity contribution in [3.63, 3.8) is 0 Å². The highest BCUT2D eigenvalue weighted by Crippen LogP contribution is 2.35. The lowest BCUT2D eigenvalue weighted by molar-refractivity contribution is -0.203. The van der Waals surface area contributed by atoms with Gasteiger partial charge in [-0.25, -0.2) is 4.98 Å². The van der Waals surface area contributed by atoms with Crippen molar-refractivity contribution >= 4 is 5.97 Å². The topological polar surface area (TPSA) is 119 Å². The van der Waals surface area contributed by atoms with Gasteiger partial charge in [0, 0.05) is 13.1 Å². The van der Waals surface area contributed by atoms with Gasteiger partial charge in [-0.3, -0.25) is 14.4 Å². The van der Waals surface area contributed by atoms with E-state index >= 15 is 0 Å². The molecule has 0 radical (unpaired) electrons. The van der Waals surface area contributed by atoms with Crippen molar-refractivity contribution in [3.8, 4) is 22.9 Å². The summed E-state index contributed by atoms with van der Waals surface area (Å²) in [5.74, 6) is -0.0519. The normalized spacial score (nSPS) is 21.6. The van der Waals surface area contributed by atoms with Gasteiger partial charge in [0.1, 0.15) is 5.75 Å². The van der Waals surface area contributed by atoms with Crippen LogP contribution in [0, 0.1) is 12.8 Å². The van der Waals surface area contributed by atoms with Crippen LogP contribution < -0.4 is 9.47 Å². The molecule has 1 unspecified atom stereocenters. The molecule has 2 saturated carbocycles. The van der Waals surface area contributed by atoms with Gasteiger partial charge in [-0.1, -0.05) is 12.8 Å². The first-order valence-electron chi connectivity index (χ1n) is 12.8. The predicted octanol–water partition coefficient (Wildman–Crippen LogP) is 3.49. The molecule has 2 aromatic rings. The number of nitrogens with zero attached hydrogens (tertiary/aromatic N) is 4. The molecule has 2 aliphatic carbocycles. The maximum absolute atomic E-state index is 11.4. The highest BCUT2D eigenvalue weighted by atomic mass is 16.6. The van der Waals surface area contributed by atoms with Gasteiger partial charge < -0.3 is 24.4 Å². The van der Waals surface area contributed by atoms with Crippen LogP contribution in [0.1, 0.15) is 62.8 Å². The molecule has 0 amide bonds. The first-order chi connectivity index (χ1) is 17.3. The molecule has 3 atom stereocenters. The third-order valence-electron chi connectivity index (χ3n) is 7.51. The third kappa shape index (κ3) is 5.82. The fourth-order valence-corrected chi connectivity index (χ4v) is 5.33. The van der Waals surface area contributed by atoms with Crippen molar-refractivity contribution in [2.75, 3.05) is 14.2 Å². The average molecular weight is 503 g/mol. The van der Waals surface area contributed by atoms with Crippen LogP contribution in [0.2, 0.25) is 0 Å². The Bertz CT molecular complexity index is 1050. The Hall–Kier alpha value is -2.69. The molecule has 0 aromatic carbocycles. The van der Waals surface area contributed by atoms with Crippen molar-refractivity contribution in [2.45, 2.75) is 83.5 Å². The second-order valence-corrected chi connectivity index (χ2v) is 9.92. The number of hydrogen-bond acceptors (Lipinski definition) is 8. The molecule has 0 spiro atoms. The number of carboxylic acid groups (broad SMARTS) is 1. The molecule has 198 valence electrons. The summed E-state index contributed by atoms with van der Waals surface area (Å²) in [5, 5.41) is 24.5. The fraction of sp³-hybridized carbons (Fsp3) is 0.654. The van der Waals surface area contributed by atoms with Crippen LogP contribution in [0.4, 0.5) is 0 Å². The predicted molar refractivity (Wildman–Crippen MR) is 133 cm³/mol. The van der Waals surface area contributed by atoms with E-state index in [1.54, 1.807) is 11.8 Å². The number of carbonyl (C=O) groups is 1. The van der Waals surface area contributed by atoms with Crippen LogP contribution in [0.15, 0.2) is 12.1 Å². The van der Waals surface area contributed by atoms with Crippen molar-refractivity contribution in [2.24, 2.45) is 13.0 Å². The van der Waals surface area contributed by atoms with Gasteiger partial charge in [-0.15, -0.1) is 5.10 Å². The molecule has 10 nitrogen and oxygen atoms in total. The van der Waals surface area contributed by atoms with E-state index < -0.39 is 12.4 Å². The number of pyridine rings is 1. The van der Waals surface area contributed by atoms with Crippen LogP contribution in [0.5, 0.6) is 11.6 Å². The molecule has 0 aliphatic heterocycles. The Labute approximate surface area is 212 Å². The van der Waals surface area contributed by atoms with Crippen LogP contribution in [-0.4, -0.2) is 68.6 Å². The van der Waals surface area contributed by atoms with Gasteiger partial charge in [0.25, 0.3) is 0 Å². The van der Waals surface area contributed by atoms with E-state index in [4.69, 9.17) is 19.2 Å². The van der Waals surface area contributed by atoms with E-state index in [1.807, 2.05) is 38.1 Å². The van der Waals surface area contributed by atoms with Crippen LogP contribution in [0.3, 0.4) is 0 Å². The molecular weight excluding hydrogens is 464 g/mol. The van der Waals surface area contributed by atoms with Crippen LogP contribution in [0.25, 0.3) is 11.3 Å². The van der Waals surface area contributed by atoms with Gasteiger partial charge in [0.2, 0.25) is 12.3 Å². The molecule has 2 heterocycles. The maximum Gasteiger partial charge on any atom is 0.306 e. The molecule has 4 rings (SSSR count). The van der Waals surface area contributed by atoms with Gasteiger partial charge >= 0.3 is 5.97 Å². The Morgan fingerprint density at radius 1 is 1.22 bits per heavy atom. The lowest BCUT2D eigenvalue weighted by Crippen LogP contribution is -2.40. The number of hydrogen-bond donors (Lipinski definition) is 2. The smallest absolute Gasteiger partial charge is 0.306 e. The number of methoxy groups -OCH3 is 1. The molecule has 0 bridgehead atoms. The van der Waals surface area contributed by atoms with Gasteiger partial charge in [0.15, 0.2) is 0 Å². The minimum absolute atomic E-state index is 0.137. The van der Waals surface area contributed by atoms with Gasteiger partial charge in [-0.2, -0.15) is 0 Å². The van der Waals surface area contributed by atoms with Gasteiger partial charge in [0.05, 0.1) is 48.4 Å². The minimum Gasteiger partial charge on any atom is -0.489 e.